The molecule has 0 spiro atoms. The Hall–Kier alpha value is -0.870. The second kappa shape index (κ2) is 4.77. The number of anilines is 1. The molecule has 0 aromatic carbocycles. The highest BCUT2D eigenvalue weighted by molar-refractivity contribution is 6.29. The van der Waals surface area contributed by atoms with Crippen LogP contribution in [0.1, 0.15) is 12.8 Å². The highest BCUT2D eigenvalue weighted by Gasteiger charge is 2.20. The summed E-state index contributed by atoms with van der Waals surface area (Å²) in [5.41, 5.74) is 0. The van der Waals surface area contributed by atoms with Crippen molar-refractivity contribution in [2.75, 3.05) is 25.1 Å². The van der Waals surface area contributed by atoms with Crippen molar-refractivity contribution < 1.29 is 4.74 Å². The maximum atomic E-state index is 5.83. The number of nitrogens with zero attached hydrogens (tertiary/aromatic N) is 3. The summed E-state index contributed by atoms with van der Waals surface area (Å²) in [5.74, 6) is 0.886. The van der Waals surface area contributed by atoms with Gasteiger partial charge in [-0.15, -0.1) is 0 Å². The Morgan fingerprint density at radius 1 is 1.53 bits per heavy atom. The molecule has 0 aliphatic carbocycles. The van der Waals surface area contributed by atoms with Gasteiger partial charge < -0.3 is 9.64 Å². The van der Waals surface area contributed by atoms with Crippen LogP contribution in [-0.2, 0) is 4.74 Å². The minimum absolute atomic E-state index is 0.299. The van der Waals surface area contributed by atoms with Crippen molar-refractivity contribution in [1.82, 2.24) is 9.97 Å². The van der Waals surface area contributed by atoms with Crippen molar-refractivity contribution in [1.29, 1.82) is 0 Å². The second-order valence-electron chi connectivity index (χ2n) is 3.64. The molecule has 0 bridgehead atoms. The lowest BCUT2D eigenvalue weighted by Crippen LogP contribution is -2.39. The van der Waals surface area contributed by atoms with Gasteiger partial charge >= 0.3 is 0 Å². The Morgan fingerprint density at radius 3 is 3.13 bits per heavy atom. The SMILES string of the molecule is COC1CCCN(c2cc(Cl)ncn2)C1. The average molecular weight is 228 g/mol. The molecular formula is C10H14ClN3O. The van der Waals surface area contributed by atoms with Crippen LogP contribution in [0, 0.1) is 0 Å². The van der Waals surface area contributed by atoms with E-state index >= 15 is 0 Å². The summed E-state index contributed by atoms with van der Waals surface area (Å²) in [7, 11) is 1.75. The fraction of sp³-hybridized carbons (Fsp3) is 0.600. The van der Waals surface area contributed by atoms with Crippen LogP contribution >= 0.6 is 11.6 Å². The smallest absolute Gasteiger partial charge is 0.134 e. The lowest BCUT2D eigenvalue weighted by atomic mass is 10.1. The van der Waals surface area contributed by atoms with Crippen molar-refractivity contribution in [2.24, 2.45) is 0 Å². The van der Waals surface area contributed by atoms with Crippen molar-refractivity contribution in [3.8, 4) is 0 Å². The molecule has 5 heteroatoms. The number of aromatic nitrogens is 2. The Kier molecular flexibility index (Phi) is 3.38. The fourth-order valence-electron chi connectivity index (χ4n) is 1.84. The molecule has 0 radical (unpaired) electrons. The molecule has 1 aliphatic rings. The third-order valence-electron chi connectivity index (χ3n) is 2.65. The van der Waals surface area contributed by atoms with E-state index in [2.05, 4.69) is 14.9 Å². The first-order valence-electron chi connectivity index (χ1n) is 5.05. The zero-order valence-electron chi connectivity index (χ0n) is 8.69. The van der Waals surface area contributed by atoms with Gasteiger partial charge in [0.15, 0.2) is 0 Å². The van der Waals surface area contributed by atoms with Gasteiger partial charge in [-0.25, -0.2) is 9.97 Å². The monoisotopic (exact) mass is 227 g/mol. The normalized spacial score (nSPS) is 21.7. The van der Waals surface area contributed by atoms with E-state index in [1.165, 1.54) is 6.33 Å². The van der Waals surface area contributed by atoms with E-state index in [-0.39, 0.29) is 0 Å². The van der Waals surface area contributed by atoms with E-state index in [9.17, 15) is 0 Å². The largest absolute Gasteiger partial charge is 0.380 e. The van der Waals surface area contributed by atoms with Crippen LogP contribution < -0.4 is 4.90 Å². The lowest BCUT2D eigenvalue weighted by molar-refractivity contribution is 0.0891. The van der Waals surface area contributed by atoms with E-state index in [1.807, 2.05) is 0 Å². The zero-order valence-corrected chi connectivity index (χ0v) is 9.44. The maximum Gasteiger partial charge on any atom is 0.134 e. The molecule has 1 aliphatic heterocycles. The highest BCUT2D eigenvalue weighted by atomic mass is 35.5. The Labute approximate surface area is 94.2 Å². The number of hydrogen-bond donors (Lipinski definition) is 0. The second-order valence-corrected chi connectivity index (χ2v) is 4.03. The average Bonchev–Trinajstić information content (AvgIpc) is 2.29. The van der Waals surface area contributed by atoms with Crippen LogP contribution in [0.5, 0.6) is 0 Å². The fourth-order valence-corrected chi connectivity index (χ4v) is 1.98. The van der Waals surface area contributed by atoms with Gasteiger partial charge in [0.25, 0.3) is 0 Å². The van der Waals surface area contributed by atoms with Crippen molar-refractivity contribution >= 4 is 17.4 Å². The molecule has 1 aromatic rings. The van der Waals surface area contributed by atoms with Crippen LogP contribution in [0.15, 0.2) is 12.4 Å². The molecule has 0 amide bonds. The van der Waals surface area contributed by atoms with Crippen LogP contribution in [-0.4, -0.2) is 36.3 Å². The molecule has 4 nitrogen and oxygen atoms in total. The molecule has 1 aromatic heterocycles. The third-order valence-corrected chi connectivity index (χ3v) is 2.86. The first-order valence-corrected chi connectivity index (χ1v) is 5.42. The summed E-state index contributed by atoms with van der Waals surface area (Å²) in [4.78, 5) is 10.3. The summed E-state index contributed by atoms with van der Waals surface area (Å²) < 4.78 is 5.36. The van der Waals surface area contributed by atoms with Crippen LogP contribution in [0.2, 0.25) is 5.15 Å². The summed E-state index contributed by atoms with van der Waals surface area (Å²) in [6, 6.07) is 1.79. The topological polar surface area (TPSA) is 38.2 Å². The Balaban J connectivity index is 2.09. The molecule has 1 saturated heterocycles. The van der Waals surface area contributed by atoms with E-state index in [0.29, 0.717) is 11.3 Å². The summed E-state index contributed by atoms with van der Waals surface area (Å²) >= 11 is 5.83. The number of halogens is 1. The van der Waals surface area contributed by atoms with Crippen molar-refractivity contribution in [2.45, 2.75) is 18.9 Å². The minimum atomic E-state index is 0.299. The summed E-state index contributed by atoms with van der Waals surface area (Å²) in [5, 5.41) is 0.486. The molecule has 2 heterocycles. The minimum Gasteiger partial charge on any atom is -0.380 e. The van der Waals surface area contributed by atoms with Crippen molar-refractivity contribution in [3.63, 3.8) is 0 Å². The number of rotatable bonds is 2. The zero-order chi connectivity index (χ0) is 10.7. The van der Waals surface area contributed by atoms with E-state index < -0.39 is 0 Å². The van der Waals surface area contributed by atoms with Gasteiger partial charge in [-0.05, 0) is 12.8 Å². The first-order chi connectivity index (χ1) is 7.29. The molecule has 82 valence electrons. The third kappa shape index (κ3) is 2.58. The van der Waals surface area contributed by atoms with Gasteiger partial charge in [-0.3, -0.25) is 0 Å². The quantitative estimate of drug-likeness (QED) is 0.722. The van der Waals surface area contributed by atoms with Gasteiger partial charge in [-0.2, -0.15) is 0 Å². The predicted molar refractivity (Wildman–Crippen MR) is 59.3 cm³/mol. The van der Waals surface area contributed by atoms with E-state index in [4.69, 9.17) is 16.3 Å². The maximum absolute atomic E-state index is 5.83. The van der Waals surface area contributed by atoms with E-state index in [0.717, 1.165) is 31.7 Å². The van der Waals surface area contributed by atoms with E-state index in [1.54, 1.807) is 13.2 Å². The Bertz CT molecular complexity index is 334. The number of ether oxygens (including phenoxy) is 1. The van der Waals surface area contributed by atoms with Gasteiger partial charge in [0, 0.05) is 26.3 Å². The van der Waals surface area contributed by atoms with Gasteiger partial charge in [-0.1, -0.05) is 11.6 Å². The summed E-state index contributed by atoms with van der Waals surface area (Å²) in [6.07, 6.45) is 4.03. The van der Waals surface area contributed by atoms with Gasteiger partial charge in [0.1, 0.15) is 17.3 Å². The number of hydrogen-bond acceptors (Lipinski definition) is 4. The molecule has 15 heavy (non-hydrogen) atoms. The molecule has 0 saturated carbocycles. The van der Waals surface area contributed by atoms with Crippen LogP contribution in [0.4, 0.5) is 5.82 Å². The lowest BCUT2D eigenvalue weighted by Gasteiger charge is -2.32. The molecule has 1 unspecified atom stereocenters. The molecule has 1 fully saturated rings. The van der Waals surface area contributed by atoms with Gasteiger partial charge in [0.05, 0.1) is 6.10 Å². The summed E-state index contributed by atoms with van der Waals surface area (Å²) in [6.45, 7) is 1.89. The number of piperidine rings is 1. The predicted octanol–water partition coefficient (Wildman–Crippen LogP) is 1.75. The van der Waals surface area contributed by atoms with Crippen molar-refractivity contribution in [3.05, 3.63) is 17.5 Å². The number of methoxy groups -OCH3 is 1. The first kappa shape index (κ1) is 10.6. The Morgan fingerprint density at radius 2 is 2.40 bits per heavy atom. The highest BCUT2D eigenvalue weighted by Crippen LogP contribution is 2.20. The molecule has 0 N–H and O–H groups in total. The molecule has 2 rings (SSSR count). The standard InChI is InChI=1S/C10H14ClN3O/c1-15-8-3-2-4-14(6-8)10-5-9(11)12-7-13-10/h5,7-8H,2-4,6H2,1H3. The van der Waals surface area contributed by atoms with Crippen LogP contribution in [0.3, 0.4) is 0 Å². The molecular weight excluding hydrogens is 214 g/mol. The van der Waals surface area contributed by atoms with Gasteiger partial charge in [0.2, 0.25) is 0 Å². The molecule has 1 atom stereocenters. The van der Waals surface area contributed by atoms with Crippen LogP contribution in [0.25, 0.3) is 0 Å².